The van der Waals surface area contributed by atoms with Crippen molar-refractivity contribution in [1.82, 2.24) is 10.3 Å². The highest BCUT2D eigenvalue weighted by Gasteiger charge is 2.13. The Morgan fingerprint density at radius 3 is 2.88 bits per heavy atom. The second-order valence-corrected chi connectivity index (χ2v) is 4.08. The maximum Gasteiger partial charge on any atom is 0.146 e. The molecule has 16 heavy (non-hydrogen) atoms. The molecule has 0 aliphatic heterocycles. The molecule has 2 N–H and O–H groups in total. The molecule has 3 nitrogen and oxygen atoms in total. The average molecular weight is 247 g/mol. The smallest absolute Gasteiger partial charge is 0.146 e. The van der Waals surface area contributed by atoms with Crippen molar-refractivity contribution >= 4 is 11.6 Å². The lowest BCUT2D eigenvalue weighted by Crippen LogP contribution is -2.29. The number of nitrogens with one attached hydrogen (secondary N) is 1. The van der Waals surface area contributed by atoms with Crippen molar-refractivity contribution in [3.63, 3.8) is 0 Å². The Labute approximate surface area is 99.7 Å². The van der Waals surface area contributed by atoms with Crippen LogP contribution >= 0.6 is 11.6 Å². The predicted octanol–water partition coefficient (Wildman–Crippen LogP) is 2.30. The zero-order valence-electron chi connectivity index (χ0n) is 9.37. The molecule has 0 fully saturated rings. The molecule has 2 atom stereocenters. The summed E-state index contributed by atoms with van der Waals surface area (Å²) in [4.78, 5) is 3.92. The summed E-state index contributed by atoms with van der Waals surface area (Å²) in [5.74, 6) is -0.393. The van der Waals surface area contributed by atoms with E-state index in [2.05, 4.69) is 10.3 Å². The summed E-state index contributed by atoms with van der Waals surface area (Å²) in [5, 5.41) is 12.6. The molecule has 5 heteroatoms. The molecule has 1 heterocycles. The largest absolute Gasteiger partial charge is 0.392 e. The Morgan fingerprint density at radius 2 is 2.25 bits per heavy atom. The number of hydrogen-bond acceptors (Lipinski definition) is 3. The molecule has 0 bridgehead atoms. The summed E-state index contributed by atoms with van der Waals surface area (Å²) in [6.45, 7) is 4.07. The van der Waals surface area contributed by atoms with Crippen molar-refractivity contribution < 1.29 is 9.50 Å². The molecular weight excluding hydrogens is 231 g/mol. The van der Waals surface area contributed by atoms with E-state index in [0.717, 1.165) is 0 Å². The maximum absolute atomic E-state index is 13.4. The third-order valence-corrected chi connectivity index (χ3v) is 2.59. The first-order valence-corrected chi connectivity index (χ1v) is 5.65. The monoisotopic (exact) mass is 246 g/mol. The van der Waals surface area contributed by atoms with Gasteiger partial charge < -0.3 is 10.4 Å². The molecule has 0 radical (unpaired) electrons. The van der Waals surface area contributed by atoms with Gasteiger partial charge >= 0.3 is 0 Å². The summed E-state index contributed by atoms with van der Waals surface area (Å²) in [6.07, 6.45) is 0.232. The Bertz CT molecular complexity index is 349. The van der Waals surface area contributed by atoms with Crippen LogP contribution in [0.3, 0.4) is 0 Å². The fraction of sp³-hybridized carbons (Fsp3) is 0.545. The molecule has 1 unspecified atom stereocenters. The zero-order valence-corrected chi connectivity index (χ0v) is 10.1. The minimum Gasteiger partial charge on any atom is -0.392 e. The van der Waals surface area contributed by atoms with E-state index in [0.29, 0.717) is 13.0 Å². The van der Waals surface area contributed by atoms with Crippen LogP contribution in [-0.2, 0) is 0 Å². The Morgan fingerprint density at radius 1 is 1.56 bits per heavy atom. The highest BCUT2D eigenvalue weighted by molar-refractivity contribution is 6.29. The van der Waals surface area contributed by atoms with E-state index in [1.807, 2.05) is 6.92 Å². The molecule has 1 rings (SSSR count). The molecule has 0 amide bonds. The van der Waals surface area contributed by atoms with Gasteiger partial charge in [0, 0.05) is 12.6 Å². The second-order valence-electron chi connectivity index (χ2n) is 3.69. The van der Waals surface area contributed by atoms with E-state index in [-0.39, 0.29) is 16.9 Å². The van der Waals surface area contributed by atoms with Crippen LogP contribution in [0.15, 0.2) is 12.1 Å². The molecule has 0 aromatic carbocycles. The first-order valence-electron chi connectivity index (χ1n) is 5.28. The van der Waals surface area contributed by atoms with Crippen LogP contribution in [0.2, 0.25) is 5.15 Å². The Kier molecular flexibility index (Phi) is 5.12. The van der Waals surface area contributed by atoms with E-state index >= 15 is 0 Å². The fourth-order valence-electron chi connectivity index (χ4n) is 1.29. The van der Waals surface area contributed by atoms with E-state index < -0.39 is 11.9 Å². The highest BCUT2D eigenvalue weighted by atomic mass is 35.5. The minimum atomic E-state index is -0.426. The number of aliphatic hydroxyl groups excluding tert-OH is 1. The van der Waals surface area contributed by atoms with E-state index in [1.165, 1.54) is 12.1 Å². The van der Waals surface area contributed by atoms with Crippen molar-refractivity contribution in [3.8, 4) is 0 Å². The van der Waals surface area contributed by atoms with Crippen LogP contribution in [0.5, 0.6) is 0 Å². The lowest BCUT2D eigenvalue weighted by molar-refractivity contribution is 0.163. The van der Waals surface area contributed by atoms with Gasteiger partial charge in [0.15, 0.2) is 0 Å². The van der Waals surface area contributed by atoms with Crippen LogP contribution in [0.1, 0.15) is 32.0 Å². The molecule has 0 aliphatic carbocycles. The third-order valence-electron chi connectivity index (χ3n) is 2.38. The number of halogens is 2. The van der Waals surface area contributed by atoms with Gasteiger partial charge in [0.25, 0.3) is 0 Å². The quantitative estimate of drug-likeness (QED) is 0.784. The van der Waals surface area contributed by atoms with Crippen molar-refractivity contribution in [2.75, 3.05) is 6.54 Å². The highest BCUT2D eigenvalue weighted by Crippen LogP contribution is 2.17. The molecule has 0 spiro atoms. The topological polar surface area (TPSA) is 45.1 Å². The normalized spacial score (nSPS) is 14.8. The molecule has 0 saturated carbocycles. The van der Waals surface area contributed by atoms with Crippen molar-refractivity contribution in [1.29, 1.82) is 0 Å². The van der Waals surface area contributed by atoms with Gasteiger partial charge in [-0.1, -0.05) is 18.5 Å². The van der Waals surface area contributed by atoms with Gasteiger partial charge in [0.05, 0.1) is 11.8 Å². The van der Waals surface area contributed by atoms with Gasteiger partial charge in [-0.05, 0) is 25.5 Å². The average Bonchev–Trinajstić information content (AvgIpc) is 2.28. The van der Waals surface area contributed by atoms with Gasteiger partial charge in [-0.3, -0.25) is 0 Å². The third kappa shape index (κ3) is 3.70. The zero-order chi connectivity index (χ0) is 12.1. The summed E-state index contributed by atoms with van der Waals surface area (Å²) in [5.41, 5.74) is 0.274. The van der Waals surface area contributed by atoms with Crippen molar-refractivity contribution in [2.24, 2.45) is 0 Å². The molecule has 1 aromatic heterocycles. The van der Waals surface area contributed by atoms with E-state index in [1.54, 1.807) is 6.92 Å². The molecule has 0 saturated heterocycles. The molecule has 1 aromatic rings. The van der Waals surface area contributed by atoms with Crippen LogP contribution in [0.4, 0.5) is 4.39 Å². The van der Waals surface area contributed by atoms with Gasteiger partial charge in [0.2, 0.25) is 0 Å². The van der Waals surface area contributed by atoms with Gasteiger partial charge in [-0.15, -0.1) is 0 Å². The number of hydrogen-bond donors (Lipinski definition) is 2. The first-order chi connectivity index (χ1) is 7.54. The predicted molar refractivity (Wildman–Crippen MR) is 61.9 cm³/mol. The van der Waals surface area contributed by atoms with Crippen LogP contribution in [0.25, 0.3) is 0 Å². The number of rotatable bonds is 5. The number of aromatic nitrogens is 1. The first kappa shape index (κ1) is 13.4. The van der Waals surface area contributed by atoms with Crippen molar-refractivity contribution in [3.05, 3.63) is 28.8 Å². The number of nitrogens with zero attached hydrogens (tertiary/aromatic N) is 1. The van der Waals surface area contributed by atoms with Gasteiger partial charge in [-0.2, -0.15) is 0 Å². The lowest BCUT2D eigenvalue weighted by atomic mass is 10.2. The van der Waals surface area contributed by atoms with Crippen molar-refractivity contribution in [2.45, 2.75) is 32.4 Å². The summed E-state index contributed by atoms with van der Waals surface area (Å²) < 4.78 is 13.4. The lowest BCUT2D eigenvalue weighted by Gasteiger charge is -2.16. The van der Waals surface area contributed by atoms with Gasteiger partial charge in [0.1, 0.15) is 11.0 Å². The number of aliphatic hydroxyl groups is 1. The van der Waals surface area contributed by atoms with E-state index in [9.17, 15) is 9.50 Å². The van der Waals surface area contributed by atoms with E-state index in [4.69, 9.17) is 11.6 Å². The molecular formula is C11H16ClFN2O. The fourth-order valence-corrected chi connectivity index (χ4v) is 1.44. The SMILES string of the molecule is CC[C@@H](O)CNC(C)c1nc(Cl)ccc1F. The van der Waals surface area contributed by atoms with Crippen LogP contribution < -0.4 is 5.32 Å². The second kappa shape index (κ2) is 6.13. The maximum atomic E-state index is 13.4. The minimum absolute atomic E-state index is 0.265. The summed E-state index contributed by atoms with van der Waals surface area (Å²) in [6, 6.07) is 2.42. The molecule has 0 aliphatic rings. The van der Waals surface area contributed by atoms with Crippen LogP contribution in [0, 0.1) is 5.82 Å². The molecule has 90 valence electrons. The Hall–Kier alpha value is -0.710. The van der Waals surface area contributed by atoms with Gasteiger partial charge in [-0.25, -0.2) is 9.37 Å². The van der Waals surface area contributed by atoms with Crippen LogP contribution in [-0.4, -0.2) is 22.7 Å². The Balaban J connectivity index is 2.65. The standard InChI is InChI=1S/C11H16ClFN2O/c1-3-8(16)6-14-7(2)11-9(13)4-5-10(12)15-11/h4-5,7-8,14,16H,3,6H2,1-2H3/t7?,8-/m1/s1. The summed E-state index contributed by atoms with van der Waals surface area (Å²) in [7, 11) is 0. The number of pyridine rings is 1. The summed E-state index contributed by atoms with van der Waals surface area (Å²) >= 11 is 5.70.